The van der Waals surface area contributed by atoms with Gasteiger partial charge in [0.2, 0.25) is 0 Å². The lowest BCUT2D eigenvalue weighted by molar-refractivity contribution is -0.145. The van der Waals surface area contributed by atoms with Gasteiger partial charge >= 0.3 is 12.1 Å². The Morgan fingerprint density at radius 2 is 2.00 bits per heavy atom. The van der Waals surface area contributed by atoms with E-state index in [-0.39, 0.29) is 13.2 Å². The van der Waals surface area contributed by atoms with Gasteiger partial charge in [-0.2, -0.15) is 0 Å². The van der Waals surface area contributed by atoms with Crippen LogP contribution in [0.4, 0.5) is 4.79 Å². The monoisotopic (exact) mass is 232 g/mol. The first-order valence-electron chi connectivity index (χ1n) is 5.45. The van der Waals surface area contributed by atoms with Gasteiger partial charge in [-0.15, -0.1) is 0 Å². The summed E-state index contributed by atoms with van der Waals surface area (Å²) in [6.07, 6.45) is 1.09. The Labute approximate surface area is 95.5 Å². The molecule has 0 rings (SSSR count). The number of unbranched alkanes of at least 4 members (excludes halogenated alkanes) is 1. The van der Waals surface area contributed by atoms with Crippen LogP contribution in [-0.4, -0.2) is 37.9 Å². The molecule has 0 bridgehead atoms. The Kier molecular flexibility index (Phi) is 8.24. The number of alkyl carbamates (subject to hydrolysis) is 1. The number of rotatable bonds is 7. The molecule has 0 spiro atoms. The maximum Gasteiger partial charge on any atom is 0.407 e. The topological polar surface area (TPSA) is 90.6 Å². The third kappa shape index (κ3) is 6.23. The molecule has 0 aromatic carbocycles. The van der Waals surface area contributed by atoms with Crippen molar-refractivity contribution in [1.82, 2.24) is 5.32 Å². The van der Waals surface area contributed by atoms with Gasteiger partial charge < -0.3 is 20.5 Å². The van der Waals surface area contributed by atoms with Crippen LogP contribution in [0, 0.1) is 0 Å². The maximum atomic E-state index is 11.3. The van der Waals surface area contributed by atoms with E-state index in [2.05, 4.69) is 5.32 Å². The minimum Gasteiger partial charge on any atom is -0.464 e. The van der Waals surface area contributed by atoms with Crippen LogP contribution in [-0.2, 0) is 14.3 Å². The van der Waals surface area contributed by atoms with Crippen molar-refractivity contribution in [2.75, 3.05) is 19.8 Å². The first-order chi connectivity index (χ1) is 7.65. The van der Waals surface area contributed by atoms with Crippen molar-refractivity contribution in [2.24, 2.45) is 5.73 Å². The lowest BCUT2D eigenvalue weighted by atomic mass is 10.3. The summed E-state index contributed by atoms with van der Waals surface area (Å²) in [6.45, 7) is 4.25. The lowest BCUT2D eigenvalue weighted by Gasteiger charge is -2.14. The molecule has 16 heavy (non-hydrogen) atoms. The highest BCUT2D eigenvalue weighted by atomic mass is 16.6. The molecule has 0 aliphatic rings. The predicted octanol–water partition coefficient (Wildman–Crippen LogP) is 0.403. The number of hydrogen-bond acceptors (Lipinski definition) is 5. The fraction of sp³-hybridized carbons (Fsp3) is 0.800. The van der Waals surface area contributed by atoms with Crippen molar-refractivity contribution < 1.29 is 19.1 Å². The average Bonchev–Trinajstić information content (AvgIpc) is 2.26. The molecule has 1 atom stereocenters. The Hall–Kier alpha value is -1.30. The number of amides is 1. The van der Waals surface area contributed by atoms with Crippen molar-refractivity contribution in [2.45, 2.75) is 32.7 Å². The molecular weight excluding hydrogens is 212 g/mol. The summed E-state index contributed by atoms with van der Waals surface area (Å²) in [5.74, 6) is -0.544. The minimum absolute atomic E-state index is 0.0122. The smallest absolute Gasteiger partial charge is 0.407 e. The van der Waals surface area contributed by atoms with Gasteiger partial charge in [-0.25, -0.2) is 9.59 Å². The highest BCUT2D eigenvalue weighted by Crippen LogP contribution is 1.92. The van der Waals surface area contributed by atoms with Crippen molar-refractivity contribution in [3.8, 4) is 0 Å². The molecule has 1 amide bonds. The molecule has 3 N–H and O–H groups in total. The SMILES string of the molecule is CCCCOC(=O)N[C@@H](CN)C(=O)OCC. The number of esters is 1. The van der Waals surface area contributed by atoms with Crippen LogP contribution < -0.4 is 11.1 Å². The van der Waals surface area contributed by atoms with Gasteiger partial charge in [0.1, 0.15) is 6.04 Å². The molecule has 0 aliphatic heterocycles. The molecule has 6 heteroatoms. The zero-order valence-corrected chi connectivity index (χ0v) is 9.82. The van der Waals surface area contributed by atoms with E-state index in [1.54, 1.807) is 6.92 Å². The molecule has 0 radical (unpaired) electrons. The third-order valence-corrected chi connectivity index (χ3v) is 1.83. The lowest BCUT2D eigenvalue weighted by Crippen LogP contribution is -2.46. The zero-order valence-electron chi connectivity index (χ0n) is 9.82. The summed E-state index contributed by atoms with van der Waals surface area (Å²) < 4.78 is 9.56. The van der Waals surface area contributed by atoms with Crippen molar-refractivity contribution in [3.63, 3.8) is 0 Å². The normalized spacial score (nSPS) is 11.7. The molecule has 6 nitrogen and oxygen atoms in total. The van der Waals surface area contributed by atoms with Gasteiger partial charge in [0.25, 0.3) is 0 Å². The fourth-order valence-corrected chi connectivity index (χ4v) is 0.950. The molecule has 0 heterocycles. The second-order valence-electron chi connectivity index (χ2n) is 3.17. The van der Waals surface area contributed by atoms with Crippen LogP contribution in [0.15, 0.2) is 0 Å². The van der Waals surface area contributed by atoms with Gasteiger partial charge in [-0.1, -0.05) is 13.3 Å². The molecule has 0 aromatic rings. The van der Waals surface area contributed by atoms with Crippen LogP contribution in [0.2, 0.25) is 0 Å². The third-order valence-electron chi connectivity index (χ3n) is 1.83. The maximum absolute atomic E-state index is 11.3. The molecule has 0 saturated heterocycles. The van der Waals surface area contributed by atoms with E-state index in [9.17, 15) is 9.59 Å². The highest BCUT2D eigenvalue weighted by Gasteiger charge is 2.20. The summed E-state index contributed by atoms with van der Waals surface area (Å²) in [7, 11) is 0. The van der Waals surface area contributed by atoms with Crippen LogP contribution in [0.1, 0.15) is 26.7 Å². The average molecular weight is 232 g/mol. The Morgan fingerprint density at radius 1 is 1.31 bits per heavy atom. The molecule has 0 aliphatic carbocycles. The van der Waals surface area contributed by atoms with Gasteiger partial charge in [-0.3, -0.25) is 0 Å². The molecule has 94 valence electrons. The van der Waals surface area contributed by atoms with E-state index in [1.165, 1.54) is 0 Å². The van der Waals surface area contributed by atoms with Crippen molar-refractivity contribution in [3.05, 3.63) is 0 Å². The molecule has 0 unspecified atom stereocenters. The highest BCUT2D eigenvalue weighted by molar-refractivity contribution is 5.81. The number of hydrogen-bond donors (Lipinski definition) is 2. The van der Waals surface area contributed by atoms with Gasteiger partial charge in [-0.05, 0) is 13.3 Å². The van der Waals surface area contributed by atoms with Crippen LogP contribution in [0.3, 0.4) is 0 Å². The minimum atomic E-state index is -0.839. The number of nitrogens with two attached hydrogens (primary N) is 1. The van der Waals surface area contributed by atoms with Crippen LogP contribution in [0.5, 0.6) is 0 Å². The molecule has 0 aromatic heterocycles. The van der Waals surface area contributed by atoms with E-state index in [0.29, 0.717) is 6.61 Å². The van der Waals surface area contributed by atoms with E-state index in [4.69, 9.17) is 15.2 Å². The summed E-state index contributed by atoms with van der Waals surface area (Å²) in [4.78, 5) is 22.5. The Balaban J connectivity index is 3.91. The van der Waals surface area contributed by atoms with Gasteiger partial charge in [0, 0.05) is 6.54 Å². The quantitative estimate of drug-likeness (QED) is 0.490. The van der Waals surface area contributed by atoms with Gasteiger partial charge in [0.15, 0.2) is 0 Å². The molecular formula is C10H20N2O4. The zero-order chi connectivity index (χ0) is 12.4. The Bertz CT molecular complexity index is 221. The number of carbonyl (C=O) groups is 2. The van der Waals surface area contributed by atoms with Crippen molar-refractivity contribution >= 4 is 12.1 Å². The van der Waals surface area contributed by atoms with E-state index < -0.39 is 18.1 Å². The Morgan fingerprint density at radius 3 is 2.50 bits per heavy atom. The summed E-state index contributed by atoms with van der Waals surface area (Å²) in [5.41, 5.74) is 5.34. The largest absolute Gasteiger partial charge is 0.464 e. The second-order valence-corrected chi connectivity index (χ2v) is 3.17. The number of ether oxygens (including phenoxy) is 2. The number of nitrogens with one attached hydrogen (secondary N) is 1. The van der Waals surface area contributed by atoms with Crippen LogP contribution in [0.25, 0.3) is 0 Å². The first kappa shape index (κ1) is 14.7. The summed E-state index contributed by atoms with van der Waals surface area (Å²) in [5, 5.41) is 2.35. The summed E-state index contributed by atoms with van der Waals surface area (Å²) in [6, 6.07) is -0.839. The van der Waals surface area contributed by atoms with Crippen molar-refractivity contribution in [1.29, 1.82) is 0 Å². The van der Waals surface area contributed by atoms with E-state index in [0.717, 1.165) is 12.8 Å². The fourth-order valence-electron chi connectivity index (χ4n) is 0.950. The summed E-state index contributed by atoms with van der Waals surface area (Å²) >= 11 is 0. The number of carbonyl (C=O) groups excluding carboxylic acids is 2. The van der Waals surface area contributed by atoms with Gasteiger partial charge in [0.05, 0.1) is 13.2 Å². The van der Waals surface area contributed by atoms with Crippen LogP contribution >= 0.6 is 0 Å². The first-order valence-corrected chi connectivity index (χ1v) is 5.45. The molecule has 0 saturated carbocycles. The molecule has 0 fully saturated rings. The standard InChI is InChI=1S/C10H20N2O4/c1-3-5-6-16-10(14)12-8(7-11)9(13)15-4-2/h8H,3-7,11H2,1-2H3,(H,12,14)/t8-/m0/s1. The second kappa shape index (κ2) is 8.96. The predicted molar refractivity (Wildman–Crippen MR) is 58.9 cm³/mol. The van der Waals surface area contributed by atoms with E-state index in [1.807, 2.05) is 6.92 Å². The van der Waals surface area contributed by atoms with E-state index >= 15 is 0 Å².